The number of carbonyl (C=O) groups is 2. The summed E-state index contributed by atoms with van der Waals surface area (Å²) in [6.07, 6.45) is -0.480. The third-order valence-electron chi connectivity index (χ3n) is 1.93. The minimum Gasteiger partial charge on any atom is -0.442 e. The quantitative estimate of drug-likeness (QED) is 0.575. The first-order valence-corrected chi connectivity index (χ1v) is 4.14. The van der Waals surface area contributed by atoms with Crippen LogP contribution in [-0.2, 0) is 9.53 Å². The molecule has 0 unspecified atom stereocenters. The first-order chi connectivity index (χ1) is 6.00. The Bertz CT molecular complexity index is 221. The van der Waals surface area contributed by atoms with Crippen molar-refractivity contribution in [1.29, 1.82) is 0 Å². The van der Waals surface area contributed by atoms with Gasteiger partial charge in [-0.1, -0.05) is 0 Å². The Balaban J connectivity index is 2.22. The summed E-state index contributed by atoms with van der Waals surface area (Å²) in [4.78, 5) is 24.8. The van der Waals surface area contributed by atoms with Crippen LogP contribution >= 0.6 is 0 Å². The van der Waals surface area contributed by atoms with Crippen LogP contribution in [0, 0.1) is 0 Å². The number of nitrogens with zero attached hydrogens (tertiary/aromatic N) is 2. The van der Waals surface area contributed by atoms with E-state index in [9.17, 15) is 9.59 Å². The van der Waals surface area contributed by atoms with Crippen molar-refractivity contribution in [2.24, 2.45) is 0 Å². The highest BCUT2D eigenvalue weighted by Gasteiger charge is 2.31. The molecule has 1 fully saturated rings. The summed E-state index contributed by atoms with van der Waals surface area (Å²) >= 11 is 0. The van der Waals surface area contributed by atoms with Crippen molar-refractivity contribution >= 4 is 12.0 Å². The number of rotatable bonds is 1. The molecule has 5 nitrogen and oxygen atoms in total. The largest absolute Gasteiger partial charge is 0.442 e. The molecule has 5 heteroatoms. The second kappa shape index (κ2) is 3.64. The second-order valence-electron chi connectivity index (χ2n) is 3.32. The maximum atomic E-state index is 11.0. The van der Waals surface area contributed by atoms with Crippen molar-refractivity contribution in [2.75, 3.05) is 27.2 Å². The van der Waals surface area contributed by atoms with Gasteiger partial charge < -0.3 is 14.5 Å². The van der Waals surface area contributed by atoms with Gasteiger partial charge in [-0.05, 0) is 0 Å². The molecule has 0 aliphatic carbocycles. The van der Waals surface area contributed by atoms with Crippen molar-refractivity contribution in [1.82, 2.24) is 9.80 Å². The van der Waals surface area contributed by atoms with E-state index in [0.29, 0.717) is 13.1 Å². The number of hydrogen-bond acceptors (Lipinski definition) is 3. The molecule has 0 radical (unpaired) electrons. The molecule has 0 atom stereocenters. The van der Waals surface area contributed by atoms with Crippen LogP contribution in [0.4, 0.5) is 4.79 Å². The molecular weight excluding hydrogens is 172 g/mol. The maximum Gasteiger partial charge on any atom is 0.409 e. The lowest BCUT2D eigenvalue weighted by Crippen LogP contribution is -2.55. The fourth-order valence-corrected chi connectivity index (χ4v) is 1.02. The van der Waals surface area contributed by atoms with Crippen LogP contribution < -0.4 is 0 Å². The molecule has 1 aliphatic heterocycles. The summed E-state index contributed by atoms with van der Waals surface area (Å²) in [5.41, 5.74) is 0. The number of amides is 2. The van der Waals surface area contributed by atoms with Crippen molar-refractivity contribution in [3.05, 3.63) is 0 Å². The monoisotopic (exact) mass is 186 g/mol. The Morgan fingerprint density at radius 1 is 1.38 bits per heavy atom. The van der Waals surface area contributed by atoms with Gasteiger partial charge in [0.05, 0.1) is 13.1 Å². The molecule has 0 spiro atoms. The molecule has 1 aliphatic rings. The normalized spacial score (nSPS) is 16.4. The van der Waals surface area contributed by atoms with Gasteiger partial charge in [0, 0.05) is 21.0 Å². The zero-order valence-corrected chi connectivity index (χ0v) is 8.11. The van der Waals surface area contributed by atoms with E-state index in [4.69, 9.17) is 4.74 Å². The molecular formula is C8H14N2O3. The number of likely N-dealkylation sites (tertiary alicyclic amines) is 1. The topological polar surface area (TPSA) is 49.9 Å². The standard InChI is InChI=1S/C8H14N2O3/c1-6(11)10-4-7(5-10)13-8(12)9(2)3/h7H,4-5H2,1-3H3. The van der Waals surface area contributed by atoms with Gasteiger partial charge in [-0.3, -0.25) is 4.79 Å². The highest BCUT2D eigenvalue weighted by atomic mass is 16.6. The zero-order valence-electron chi connectivity index (χ0n) is 8.11. The van der Waals surface area contributed by atoms with Crippen LogP contribution in [0.1, 0.15) is 6.92 Å². The van der Waals surface area contributed by atoms with E-state index in [1.54, 1.807) is 19.0 Å². The van der Waals surface area contributed by atoms with E-state index in [0.717, 1.165) is 0 Å². The van der Waals surface area contributed by atoms with E-state index < -0.39 is 0 Å². The lowest BCUT2D eigenvalue weighted by molar-refractivity contribution is -0.139. The molecule has 1 saturated heterocycles. The third-order valence-corrected chi connectivity index (χ3v) is 1.93. The van der Waals surface area contributed by atoms with Gasteiger partial charge in [0.15, 0.2) is 0 Å². The molecule has 0 aromatic rings. The Morgan fingerprint density at radius 3 is 2.31 bits per heavy atom. The number of carbonyl (C=O) groups excluding carboxylic acids is 2. The third kappa shape index (κ3) is 2.34. The number of ether oxygens (including phenoxy) is 1. The molecule has 0 aromatic carbocycles. The zero-order chi connectivity index (χ0) is 10.0. The van der Waals surface area contributed by atoms with E-state index in [-0.39, 0.29) is 18.1 Å². The molecule has 74 valence electrons. The average Bonchev–Trinajstić information content (AvgIpc) is 1.94. The van der Waals surface area contributed by atoms with Gasteiger partial charge in [-0.2, -0.15) is 0 Å². The van der Waals surface area contributed by atoms with Crippen LogP contribution in [0.25, 0.3) is 0 Å². The lowest BCUT2D eigenvalue weighted by atomic mass is 10.2. The molecule has 2 amide bonds. The molecule has 0 N–H and O–H groups in total. The van der Waals surface area contributed by atoms with E-state index in [2.05, 4.69) is 0 Å². The van der Waals surface area contributed by atoms with Crippen molar-refractivity contribution in [3.8, 4) is 0 Å². The summed E-state index contributed by atoms with van der Waals surface area (Å²) in [5.74, 6) is 0.0251. The van der Waals surface area contributed by atoms with E-state index >= 15 is 0 Å². The minimum atomic E-state index is -0.354. The Morgan fingerprint density at radius 2 is 1.92 bits per heavy atom. The molecule has 0 aromatic heterocycles. The van der Waals surface area contributed by atoms with Gasteiger partial charge in [-0.15, -0.1) is 0 Å². The van der Waals surface area contributed by atoms with Crippen LogP contribution in [-0.4, -0.2) is 55.1 Å². The Kier molecular flexibility index (Phi) is 2.75. The molecule has 13 heavy (non-hydrogen) atoms. The maximum absolute atomic E-state index is 11.0. The summed E-state index contributed by atoms with van der Waals surface area (Å²) < 4.78 is 5.02. The first kappa shape index (κ1) is 9.83. The molecule has 0 bridgehead atoms. The van der Waals surface area contributed by atoms with Crippen molar-refractivity contribution in [2.45, 2.75) is 13.0 Å². The molecule has 1 heterocycles. The van der Waals surface area contributed by atoms with Crippen LogP contribution in [0.2, 0.25) is 0 Å². The van der Waals surface area contributed by atoms with Crippen LogP contribution in [0.5, 0.6) is 0 Å². The van der Waals surface area contributed by atoms with Gasteiger partial charge >= 0.3 is 6.09 Å². The van der Waals surface area contributed by atoms with E-state index in [1.807, 2.05) is 0 Å². The van der Waals surface area contributed by atoms with Crippen molar-refractivity contribution in [3.63, 3.8) is 0 Å². The summed E-state index contributed by atoms with van der Waals surface area (Å²) in [6, 6.07) is 0. The predicted molar refractivity (Wildman–Crippen MR) is 46.2 cm³/mol. The predicted octanol–water partition coefficient (Wildman–Crippen LogP) is -0.0847. The highest BCUT2D eigenvalue weighted by molar-refractivity contribution is 5.74. The average molecular weight is 186 g/mol. The smallest absolute Gasteiger partial charge is 0.409 e. The fourth-order valence-electron chi connectivity index (χ4n) is 1.02. The Hall–Kier alpha value is -1.26. The van der Waals surface area contributed by atoms with Gasteiger partial charge in [0.1, 0.15) is 6.10 Å². The molecule has 1 rings (SSSR count). The second-order valence-corrected chi connectivity index (χ2v) is 3.32. The van der Waals surface area contributed by atoms with E-state index in [1.165, 1.54) is 11.8 Å². The van der Waals surface area contributed by atoms with Gasteiger partial charge in [0.25, 0.3) is 0 Å². The highest BCUT2D eigenvalue weighted by Crippen LogP contribution is 2.12. The number of hydrogen-bond donors (Lipinski definition) is 0. The van der Waals surface area contributed by atoms with Crippen molar-refractivity contribution < 1.29 is 14.3 Å². The van der Waals surface area contributed by atoms with Gasteiger partial charge in [-0.25, -0.2) is 4.79 Å². The molecule has 0 saturated carbocycles. The first-order valence-electron chi connectivity index (χ1n) is 4.14. The minimum absolute atomic E-state index is 0.0251. The summed E-state index contributed by atoms with van der Waals surface area (Å²) in [6.45, 7) is 2.55. The SMILES string of the molecule is CC(=O)N1CC(OC(=O)N(C)C)C1. The van der Waals surface area contributed by atoms with Gasteiger partial charge in [0.2, 0.25) is 5.91 Å². The summed E-state index contributed by atoms with van der Waals surface area (Å²) in [5, 5.41) is 0. The lowest BCUT2D eigenvalue weighted by Gasteiger charge is -2.37. The van der Waals surface area contributed by atoms with Crippen LogP contribution in [0.3, 0.4) is 0 Å². The Labute approximate surface area is 77.2 Å². The summed E-state index contributed by atoms with van der Waals surface area (Å²) in [7, 11) is 3.26. The van der Waals surface area contributed by atoms with Crippen LogP contribution in [0.15, 0.2) is 0 Å². The fraction of sp³-hybridized carbons (Fsp3) is 0.750.